The Bertz CT molecular complexity index is 663. The van der Waals surface area contributed by atoms with Crippen LogP contribution in [0.3, 0.4) is 0 Å². The second-order valence-electron chi connectivity index (χ2n) is 4.09. The maximum atomic E-state index is 11.7. The number of hydrogen-bond donors (Lipinski definition) is 3. The summed E-state index contributed by atoms with van der Waals surface area (Å²) in [5, 5.41) is 2.94. The fourth-order valence-corrected chi connectivity index (χ4v) is 1.58. The first-order chi connectivity index (χ1) is 10.1. The molecule has 0 saturated carbocycles. The third-order valence-electron chi connectivity index (χ3n) is 2.50. The minimum Gasteiger partial charge on any atom is -0.318 e. The molecule has 0 fully saturated rings. The number of aromatic nitrogens is 2. The number of carbonyl (C=O) groups excluding carboxylic acids is 2. The normalized spacial score (nSPS) is 9.81. The summed E-state index contributed by atoms with van der Waals surface area (Å²) in [7, 11) is 0. The van der Waals surface area contributed by atoms with E-state index in [2.05, 4.69) is 26.1 Å². The molecule has 0 spiro atoms. The Balaban J connectivity index is 1.90. The monoisotopic (exact) mass is 305 g/mol. The lowest BCUT2D eigenvalue weighted by atomic mass is 10.2. The Hall–Kier alpha value is -2.67. The van der Waals surface area contributed by atoms with Gasteiger partial charge < -0.3 is 5.32 Å². The number of amides is 2. The zero-order valence-electron chi connectivity index (χ0n) is 11.1. The zero-order chi connectivity index (χ0) is 15.2. The van der Waals surface area contributed by atoms with E-state index >= 15 is 0 Å². The van der Waals surface area contributed by atoms with Crippen molar-refractivity contribution in [3.8, 4) is 0 Å². The van der Waals surface area contributed by atoms with Gasteiger partial charge in [-0.25, -0.2) is 4.98 Å². The van der Waals surface area contributed by atoms with Gasteiger partial charge in [0.2, 0.25) is 0 Å². The average Bonchev–Trinajstić information content (AvgIpc) is 2.49. The Morgan fingerprint density at radius 3 is 2.67 bits per heavy atom. The first-order valence-corrected chi connectivity index (χ1v) is 6.33. The molecule has 1 heterocycles. The summed E-state index contributed by atoms with van der Waals surface area (Å²) in [4.78, 5) is 31.0. The Morgan fingerprint density at radius 2 is 2.00 bits per heavy atom. The summed E-state index contributed by atoms with van der Waals surface area (Å²) in [6, 6.07) is 4.97. The van der Waals surface area contributed by atoms with Crippen molar-refractivity contribution in [3.63, 3.8) is 0 Å². The van der Waals surface area contributed by atoms with Crippen LogP contribution >= 0.6 is 11.6 Å². The van der Waals surface area contributed by atoms with Crippen molar-refractivity contribution in [1.29, 1.82) is 0 Å². The van der Waals surface area contributed by atoms with Gasteiger partial charge in [0.25, 0.3) is 0 Å². The van der Waals surface area contributed by atoms with Gasteiger partial charge >= 0.3 is 11.8 Å². The van der Waals surface area contributed by atoms with Crippen molar-refractivity contribution < 1.29 is 9.59 Å². The second kappa shape index (κ2) is 6.67. The predicted octanol–water partition coefficient (Wildman–Crippen LogP) is 1.52. The van der Waals surface area contributed by atoms with Crippen LogP contribution in [-0.4, -0.2) is 21.8 Å². The Kier molecular flexibility index (Phi) is 4.68. The summed E-state index contributed by atoms with van der Waals surface area (Å²) in [6.07, 6.45) is 4.33. The van der Waals surface area contributed by atoms with Crippen molar-refractivity contribution in [3.05, 3.63) is 47.4 Å². The zero-order valence-corrected chi connectivity index (χ0v) is 11.8. The molecule has 0 radical (unpaired) electrons. The van der Waals surface area contributed by atoms with E-state index in [1.807, 2.05) is 6.92 Å². The van der Waals surface area contributed by atoms with E-state index in [1.165, 1.54) is 18.6 Å². The molecule has 0 bridgehead atoms. The largest absolute Gasteiger partial charge is 0.327 e. The van der Waals surface area contributed by atoms with Crippen LogP contribution in [0.1, 0.15) is 5.56 Å². The highest BCUT2D eigenvalue weighted by atomic mass is 35.5. The van der Waals surface area contributed by atoms with Gasteiger partial charge in [-0.05, 0) is 24.6 Å². The molecule has 1 aromatic carbocycles. The predicted molar refractivity (Wildman–Crippen MR) is 78.6 cm³/mol. The molecule has 2 rings (SSSR count). The quantitative estimate of drug-likeness (QED) is 0.590. The van der Waals surface area contributed by atoms with E-state index in [-0.39, 0.29) is 0 Å². The van der Waals surface area contributed by atoms with Crippen molar-refractivity contribution in [2.75, 3.05) is 10.7 Å². The lowest BCUT2D eigenvalue weighted by Gasteiger charge is -2.08. The third kappa shape index (κ3) is 4.15. The molecule has 0 aliphatic rings. The van der Waals surface area contributed by atoms with Crippen molar-refractivity contribution in [1.82, 2.24) is 15.4 Å². The standard InChI is InChI=1S/C13H12ClN5O2/c1-8-2-3-9(6-10(8)14)17-12(20)13(21)19-18-11-7-15-4-5-16-11/h2-7H,1H3,(H,16,18)(H,17,20)(H,19,21). The van der Waals surface area contributed by atoms with E-state index in [0.29, 0.717) is 16.5 Å². The van der Waals surface area contributed by atoms with Crippen LogP contribution in [-0.2, 0) is 9.59 Å². The summed E-state index contributed by atoms with van der Waals surface area (Å²) in [5.74, 6) is -1.37. The number of anilines is 2. The van der Waals surface area contributed by atoms with E-state index in [4.69, 9.17) is 11.6 Å². The van der Waals surface area contributed by atoms with E-state index < -0.39 is 11.8 Å². The maximum absolute atomic E-state index is 11.7. The van der Waals surface area contributed by atoms with Gasteiger partial charge in [-0.1, -0.05) is 17.7 Å². The fourth-order valence-electron chi connectivity index (χ4n) is 1.40. The number of hydrogen-bond acceptors (Lipinski definition) is 5. The highest BCUT2D eigenvalue weighted by Gasteiger charge is 2.13. The molecule has 0 aliphatic heterocycles. The molecule has 108 valence electrons. The summed E-state index contributed by atoms with van der Waals surface area (Å²) >= 11 is 5.94. The molecule has 2 aromatic rings. The van der Waals surface area contributed by atoms with Gasteiger partial charge in [-0.2, -0.15) is 0 Å². The highest BCUT2D eigenvalue weighted by molar-refractivity contribution is 6.40. The van der Waals surface area contributed by atoms with E-state index in [1.54, 1.807) is 18.2 Å². The SMILES string of the molecule is Cc1ccc(NC(=O)C(=O)NNc2cnccn2)cc1Cl. The number of hydrazine groups is 1. The lowest BCUT2D eigenvalue weighted by Crippen LogP contribution is -2.39. The summed E-state index contributed by atoms with van der Waals surface area (Å²) < 4.78 is 0. The molecular weight excluding hydrogens is 294 g/mol. The number of benzene rings is 1. The number of rotatable bonds is 3. The number of nitrogens with zero attached hydrogens (tertiary/aromatic N) is 2. The maximum Gasteiger partial charge on any atom is 0.327 e. The second-order valence-corrected chi connectivity index (χ2v) is 4.50. The summed E-state index contributed by atoms with van der Waals surface area (Å²) in [5.41, 5.74) is 5.99. The molecule has 0 aliphatic carbocycles. The van der Waals surface area contributed by atoms with Crippen LogP contribution in [0.2, 0.25) is 5.02 Å². The minimum atomic E-state index is -0.864. The average molecular weight is 306 g/mol. The third-order valence-corrected chi connectivity index (χ3v) is 2.91. The van der Waals surface area contributed by atoms with E-state index in [0.717, 1.165) is 5.56 Å². The van der Waals surface area contributed by atoms with Crippen LogP contribution < -0.4 is 16.2 Å². The smallest absolute Gasteiger partial charge is 0.318 e. The van der Waals surface area contributed by atoms with Crippen molar-refractivity contribution >= 4 is 34.9 Å². The van der Waals surface area contributed by atoms with Gasteiger partial charge in [-0.15, -0.1) is 0 Å². The molecule has 0 saturated heterocycles. The fraction of sp³-hybridized carbons (Fsp3) is 0.0769. The molecule has 0 unspecified atom stereocenters. The van der Waals surface area contributed by atoms with E-state index in [9.17, 15) is 9.59 Å². The number of carbonyl (C=O) groups is 2. The van der Waals surface area contributed by atoms with Gasteiger partial charge in [0, 0.05) is 23.1 Å². The molecule has 1 aromatic heterocycles. The molecule has 0 atom stereocenters. The number of nitrogens with one attached hydrogen (secondary N) is 3. The van der Waals surface area contributed by atoms with Gasteiger partial charge in [0.15, 0.2) is 5.82 Å². The van der Waals surface area contributed by atoms with Gasteiger partial charge in [0.1, 0.15) is 0 Å². The van der Waals surface area contributed by atoms with Crippen LogP contribution in [0.5, 0.6) is 0 Å². The Morgan fingerprint density at radius 1 is 1.19 bits per heavy atom. The van der Waals surface area contributed by atoms with Crippen LogP contribution in [0.25, 0.3) is 0 Å². The van der Waals surface area contributed by atoms with Crippen LogP contribution in [0, 0.1) is 6.92 Å². The highest BCUT2D eigenvalue weighted by Crippen LogP contribution is 2.19. The van der Waals surface area contributed by atoms with Gasteiger partial charge in [-0.3, -0.25) is 25.4 Å². The minimum absolute atomic E-state index is 0.317. The first-order valence-electron chi connectivity index (χ1n) is 5.96. The molecule has 8 heteroatoms. The number of halogens is 1. The number of aryl methyl sites for hydroxylation is 1. The Labute approximate surface area is 125 Å². The lowest BCUT2D eigenvalue weighted by molar-refractivity contribution is -0.135. The topological polar surface area (TPSA) is 96.0 Å². The molecular formula is C13H12ClN5O2. The first kappa shape index (κ1) is 14.7. The molecule has 21 heavy (non-hydrogen) atoms. The molecule has 7 nitrogen and oxygen atoms in total. The summed E-state index contributed by atoms with van der Waals surface area (Å²) in [6.45, 7) is 1.84. The van der Waals surface area contributed by atoms with Gasteiger partial charge in [0.05, 0.1) is 6.20 Å². The van der Waals surface area contributed by atoms with Crippen LogP contribution in [0.4, 0.5) is 11.5 Å². The van der Waals surface area contributed by atoms with Crippen molar-refractivity contribution in [2.24, 2.45) is 0 Å². The molecule has 3 N–H and O–H groups in total. The van der Waals surface area contributed by atoms with Crippen LogP contribution in [0.15, 0.2) is 36.8 Å². The van der Waals surface area contributed by atoms with Crippen molar-refractivity contribution in [2.45, 2.75) is 6.92 Å². The molecule has 2 amide bonds.